The fourth-order valence-corrected chi connectivity index (χ4v) is 3.79. The van der Waals surface area contributed by atoms with Crippen LogP contribution in [0.1, 0.15) is 30.9 Å². The summed E-state index contributed by atoms with van der Waals surface area (Å²) in [5.41, 5.74) is 2.77. The van der Waals surface area contributed by atoms with Gasteiger partial charge in [0.05, 0.1) is 0 Å². The molecule has 0 unspecified atom stereocenters. The third-order valence-corrected chi connectivity index (χ3v) is 5.45. The van der Waals surface area contributed by atoms with Gasteiger partial charge in [-0.25, -0.2) is 0 Å². The average molecular weight is 417 g/mol. The Morgan fingerprint density at radius 1 is 0.778 bits per heavy atom. The Bertz CT molecular complexity index is 471. The SMILES string of the molecule is Cc1ccc([I+]c2ccc(C(C)C)cc2)cc1.[Br-]. The normalized spacial score (nSPS) is 10.2. The molecule has 0 saturated heterocycles. The summed E-state index contributed by atoms with van der Waals surface area (Å²) in [7, 11) is 0. The molecular weight excluding hydrogens is 399 g/mol. The van der Waals surface area contributed by atoms with Gasteiger partial charge in [0.1, 0.15) is 0 Å². The van der Waals surface area contributed by atoms with Crippen molar-refractivity contribution in [3.63, 3.8) is 0 Å². The molecule has 2 rings (SSSR count). The zero-order valence-electron chi connectivity index (χ0n) is 11.0. The molecule has 96 valence electrons. The van der Waals surface area contributed by atoms with Crippen molar-refractivity contribution < 1.29 is 38.2 Å². The van der Waals surface area contributed by atoms with Crippen LogP contribution in [0.2, 0.25) is 0 Å². The Kier molecular flexibility index (Phi) is 6.36. The predicted octanol–water partition coefficient (Wildman–Crippen LogP) is -1.75. The molecule has 0 aromatic heterocycles. The summed E-state index contributed by atoms with van der Waals surface area (Å²) in [6, 6.07) is 18.1. The van der Waals surface area contributed by atoms with Crippen LogP contribution in [0.25, 0.3) is 0 Å². The summed E-state index contributed by atoms with van der Waals surface area (Å²) in [5.74, 6) is 0.627. The van der Waals surface area contributed by atoms with Gasteiger partial charge in [-0.1, -0.05) is 43.7 Å². The summed E-state index contributed by atoms with van der Waals surface area (Å²) in [4.78, 5) is 0. The van der Waals surface area contributed by atoms with Crippen molar-refractivity contribution in [2.24, 2.45) is 0 Å². The molecule has 0 amide bonds. The zero-order chi connectivity index (χ0) is 12.3. The van der Waals surface area contributed by atoms with Crippen LogP contribution in [0.4, 0.5) is 0 Å². The molecule has 2 aromatic rings. The molecule has 0 N–H and O–H groups in total. The van der Waals surface area contributed by atoms with Gasteiger partial charge in [0.15, 0.2) is 7.14 Å². The van der Waals surface area contributed by atoms with E-state index in [4.69, 9.17) is 0 Å². The minimum absolute atomic E-state index is 0. The Balaban J connectivity index is 0.00000162. The lowest BCUT2D eigenvalue weighted by Gasteiger charge is -2.02. The van der Waals surface area contributed by atoms with Crippen molar-refractivity contribution >= 4 is 0 Å². The van der Waals surface area contributed by atoms with Crippen LogP contribution in [0.5, 0.6) is 0 Å². The fourth-order valence-electron chi connectivity index (χ4n) is 1.63. The first kappa shape index (κ1) is 15.7. The van der Waals surface area contributed by atoms with Crippen molar-refractivity contribution in [1.29, 1.82) is 0 Å². The Hall–Kier alpha value is -0.350. The molecule has 0 aliphatic heterocycles. The standard InChI is InChI=1S/C16H18I.BrH/c1-12(2)14-6-10-16(11-7-14)17-15-8-4-13(3)5-9-15;/h4-12H,1-3H3;1H/q+1;/p-1. The number of benzene rings is 2. The molecule has 2 aromatic carbocycles. The van der Waals surface area contributed by atoms with Crippen molar-refractivity contribution in [2.75, 3.05) is 0 Å². The third kappa shape index (κ3) is 4.39. The minimum Gasteiger partial charge on any atom is -1.00 e. The van der Waals surface area contributed by atoms with Gasteiger partial charge in [-0.05, 0) is 42.7 Å². The monoisotopic (exact) mass is 416 g/mol. The number of hydrogen-bond acceptors (Lipinski definition) is 0. The summed E-state index contributed by atoms with van der Waals surface area (Å²) < 4.78 is 2.99. The number of rotatable bonds is 3. The molecule has 0 aliphatic carbocycles. The van der Waals surface area contributed by atoms with E-state index in [2.05, 4.69) is 69.3 Å². The summed E-state index contributed by atoms with van der Waals surface area (Å²) >= 11 is -0.0167. The zero-order valence-corrected chi connectivity index (χ0v) is 14.7. The van der Waals surface area contributed by atoms with E-state index >= 15 is 0 Å². The van der Waals surface area contributed by atoms with Crippen molar-refractivity contribution in [1.82, 2.24) is 0 Å². The molecular formula is C16H18BrI. The fraction of sp³-hybridized carbons (Fsp3) is 0.250. The van der Waals surface area contributed by atoms with E-state index < -0.39 is 0 Å². The summed E-state index contributed by atoms with van der Waals surface area (Å²) in [6.45, 7) is 6.62. The molecule has 0 spiro atoms. The van der Waals surface area contributed by atoms with Gasteiger partial charge in [0.25, 0.3) is 0 Å². The molecule has 0 bridgehead atoms. The average Bonchev–Trinajstić information content (AvgIpc) is 2.33. The van der Waals surface area contributed by atoms with Gasteiger partial charge >= 0.3 is 21.2 Å². The molecule has 0 aliphatic rings. The maximum absolute atomic E-state index is 2.29. The van der Waals surface area contributed by atoms with Gasteiger partial charge in [0, 0.05) is 0 Å². The van der Waals surface area contributed by atoms with E-state index in [1.54, 1.807) is 0 Å². The van der Waals surface area contributed by atoms with Gasteiger partial charge in [-0.2, -0.15) is 0 Å². The first-order valence-corrected chi connectivity index (χ1v) is 8.12. The van der Waals surface area contributed by atoms with E-state index in [1.165, 1.54) is 18.3 Å². The first-order valence-electron chi connectivity index (χ1n) is 5.96. The highest BCUT2D eigenvalue weighted by Crippen LogP contribution is 2.11. The Labute approximate surface area is 131 Å². The highest BCUT2D eigenvalue weighted by molar-refractivity contribution is 5.18. The molecule has 2 heteroatoms. The van der Waals surface area contributed by atoms with Gasteiger partial charge in [0.2, 0.25) is 0 Å². The van der Waals surface area contributed by atoms with Gasteiger partial charge in [-0.3, -0.25) is 0 Å². The molecule has 18 heavy (non-hydrogen) atoms. The van der Waals surface area contributed by atoms with Crippen molar-refractivity contribution in [2.45, 2.75) is 26.7 Å². The smallest absolute Gasteiger partial charge is 0.357 e. The molecule has 0 radical (unpaired) electrons. The topological polar surface area (TPSA) is 0 Å². The van der Waals surface area contributed by atoms with Crippen molar-refractivity contribution in [3.05, 3.63) is 66.8 Å². The second-order valence-electron chi connectivity index (χ2n) is 4.60. The number of aryl methyl sites for hydroxylation is 1. The van der Waals surface area contributed by atoms with Crippen LogP contribution >= 0.6 is 0 Å². The van der Waals surface area contributed by atoms with E-state index in [0.29, 0.717) is 5.92 Å². The summed E-state index contributed by atoms with van der Waals surface area (Å²) in [5, 5.41) is 0. The number of hydrogen-bond donors (Lipinski definition) is 0. The van der Waals surface area contributed by atoms with Crippen LogP contribution in [0, 0.1) is 14.1 Å². The molecule has 0 saturated carbocycles. The first-order chi connectivity index (χ1) is 8.15. The van der Waals surface area contributed by atoms with E-state index in [-0.39, 0.29) is 38.2 Å². The maximum Gasteiger partial charge on any atom is 0.357 e. The lowest BCUT2D eigenvalue weighted by atomic mass is 10.0. The Morgan fingerprint density at radius 3 is 1.67 bits per heavy atom. The highest BCUT2D eigenvalue weighted by Gasteiger charge is 2.14. The second kappa shape index (κ2) is 7.29. The van der Waals surface area contributed by atoms with Crippen molar-refractivity contribution in [3.8, 4) is 0 Å². The number of halogens is 2. The van der Waals surface area contributed by atoms with E-state index in [9.17, 15) is 0 Å². The van der Waals surface area contributed by atoms with Crippen LogP contribution in [-0.4, -0.2) is 0 Å². The van der Waals surface area contributed by atoms with Gasteiger partial charge in [-0.15, -0.1) is 0 Å². The predicted molar refractivity (Wildman–Crippen MR) is 69.1 cm³/mol. The van der Waals surface area contributed by atoms with E-state index in [1.807, 2.05) is 0 Å². The maximum atomic E-state index is 2.29. The highest BCUT2D eigenvalue weighted by atomic mass is 127. The Morgan fingerprint density at radius 2 is 1.22 bits per heavy atom. The molecule has 0 fully saturated rings. The van der Waals surface area contributed by atoms with Gasteiger partial charge < -0.3 is 17.0 Å². The van der Waals surface area contributed by atoms with Crippen LogP contribution < -0.4 is 38.2 Å². The largest absolute Gasteiger partial charge is 1.00 e. The summed E-state index contributed by atoms with van der Waals surface area (Å²) in [6.07, 6.45) is 0. The molecule has 0 atom stereocenters. The van der Waals surface area contributed by atoms with Crippen LogP contribution in [-0.2, 0) is 0 Å². The van der Waals surface area contributed by atoms with Crippen LogP contribution in [0.15, 0.2) is 48.5 Å². The van der Waals surface area contributed by atoms with E-state index in [0.717, 1.165) is 0 Å². The van der Waals surface area contributed by atoms with Crippen LogP contribution in [0.3, 0.4) is 0 Å². The lowest BCUT2D eigenvalue weighted by Crippen LogP contribution is -3.61. The quantitative estimate of drug-likeness (QED) is 0.521. The molecule has 0 heterocycles. The third-order valence-electron chi connectivity index (χ3n) is 2.77. The minimum atomic E-state index is -0.0167. The molecule has 0 nitrogen and oxygen atoms in total. The lowest BCUT2D eigenvalue weighted by molar-refractivity contribution is -0.597. The second-order valence-corrected chi connectivity index (χ2v) is 7.63.